The maximum absolute atomic E-state index is 5.13. The molecule has 0 spiro atoms. The third-order valence-corrected chi connectivity index (χ3v) is 11.8. The molecule has 0 radical (unpaired) electrons. The summed E-state index contributed by atoms with van der Waals surface area (Å²) in [6.07, 6.45) is 0. The van der Waals surface area contributed by atoms with E-state index in [4.69, 9.17) is 15.0 Å². The summed E-state index contributed by atoms with van der Waals surface area (Å²) in [6.45, 7) is 0. The molecule has 4 nitrogen and oxygen atoms in total. The van der Waals surface area contributed by atoms with Gasteiger partial charge in [0, 0.05) is 53.9 Å². The molecule has 0 aliphatic heterocycles. The monoisotopic (exact) mass is 732 g/mol. The summed E-state index contributed by atoms with van der Waals surface area (Å²) in [7, 11) is 0. The highest BCUT2D eigenvalue weighted by atomic mass is 32.1. The second-order valence-corrected chi connectivity index (χ2v) is 15.1. The van der Waals surface area contributed by atoms with Crippen molar-refractivity contribution in [3.05, 3.63) is 194 Å². The minimum absolute atomic E-state index is 0.655. The number of aromatic nitrogens is 3. The Kier molecular flexibility index (Phi) is 7.64. The van der Waals surface area contributed by atoms with Gasteiger partial charge in [0.05, 0.1) is 0 Å². The summed E-state index contributed by atoms with van der Waals surface area (Å²) < 4.78 is 2.42. The van der Waals surface area contributed by atoms with E-state index in [1.165, 1.54) is 47.1 Å². The highest BCUT2D eigenvalue weighted by molar-refractivity contribution is 7.26. The van der Waals surface area contributed by atoms with Crippen LogP contribution in [0.5, 0.6) is 0 Å². The molecule has 11 aromatic rings. The fraction of sp³-hybridized carbons (Fsp3) is 0. The van der Waals surface area contributed by atoms with Gasteiger partial charge in [-0.3, -0.25) is 0 Å². The molecule has 2 heterocycles. The molecular formula is C51H32N4S. The predicted octanol–water partition coefficient (Wildman–Crippen LogP) is 14.2. The molecule has 0 unspecified atom stereocenters. The van der Waals surface area contributed by atoms with Crippen LogP contribution in [0.15, 0.2) is 194 Å². The van der Waals surface area contributed by atoms with Gasteiger partial charge in [-0.05, 0) is 80.8 Å². The zero-order valence-corrected chi connectivity index (χ0v) is 31.0. The normalized spacial score (nSPS) is 11.6. The van der Waals surface area contributed by atoms with E-state index >= 15 is 0 Å². The van der Waals surface area contributed by atoms with Crippen molar-refractivity contribution in [3.63, 3.8) is 0 Å². The van der Waals surface area contributed by atoms with Gasteiger partial charge in [-0.15, -0.1) is 11.3 Å². The second-order valence-electron chi connectivity index (χ2n) is 14.1. The number of hydrogen-bond acceptors (Lipinski definition) is 5. The third kappa shape index (κ3) is 5.56. The molecule has 0 atom stereocenters. The number of benzene rings is 9. The van der Waals surface area contributed by atoms with Crippen molar-refractivity contribution in [2.75, 3.05) is 4.90 Å². The molecular weight excluding hydrogens is 701 g/mol. The van der Waals surface area contributed by atoms with Gasteiger partial charge in [-0.25, -0.2) is 15.0 Å². The van der Waals surface area contributed by atoms with Gasteiger partial charge < -0.3 is 4.90 Å². The molecule has 0 saturated heterocycles. The van der Waals surface area contributed by atoms with Crippen molar-refractivity contribution >= 4 is 80.9 Å². The first-order valence-corrected chi connectivity index (χ1v) is 19.6. The van der Waals surface area contributed by atoms with Crippen LogP contribution in [-0.4, -0.2) is 15.0 Å². The van der Waals surface area contributed by atoms with Crippen LogP contribution < -0.4 is 4.90 Å². The number of anilines is 3. The second kappa shape index (κ2) is 13.3. The first-order chi connectivity index (χ1) is 27.7. The van der Waals surface area contributed by atoms with Crippen LogP contribution in [0.3, 0.4) is 0 Å². The quantitative estimate of drug-likeness (QED) is 0.171. The highest BCUT2D eigenvalue weighted by Gasteiger charge is 2.20. The molecule has 2 aromatic heterocycles. The van der Waals surface area contributed by atoms with Gasteiger partial charge in [0.25, 0.3) is 0 Å². The van der Waals surface area contributed by atoms with Crippen LogP contribution >= 0.6 is 11.3 Å². The Morgan fingerprint density at radius 1 is 0.339 bits per heavy atom. The largest absolute Gasteiger partial charge is 0.310 e. The molecule has 9 aromatic carbocycles. The van der Waals surface area contributed by atoms with Crippen LogP contribution in [-0.2, 0) is 0 Å². The van der Waals surface area contributed by atoms with Gasteiger partial charge in [0.1, 0.15) is 0 Å². The number of hydrogen-bond donors (Lipinski definition) is 0. The fourth-order valence-electron chi connectivity index (χ4n) is 7.96. The van der Waals surface area contributed by atoms with E-state index in [1.54, 1.807) is 0 Å². The molecule has 0 aliphatic carbocycles. The van der Waals surface area contributed by atoms with Crippen LogP contribution in [0, 0.1) is 0 Å². The SMILES string of the molecule is c1ccc(-c2nc(-c3ccccc3)nc(-c3cc4sc5ccc(N(c6ccc7ccccc7c6)c6ccc7ccccc7c6)cc5c4c4ccccc34)n2)cc1. The number of thiophene rings is 1. The molecule has 11 rings (SSSR count). The first kappa shape index (κ1) is 32.2. The number of fused-ring (bicyclic) bond motifs is 7. The average Bonchev–Trinajstić information content (AvgIpc) is 3.65. The van der Waals surface area contributed by atoms with Crippen LogP contribution in [0.4, 0.5) is 17.1 Å². The van der Waals surface area contributed by atoms with Crippen molar-refractivity contribution in [3.8, 4) is 34.2 Å². The van der Waals surface area contributed by atoms with Gasteiger partial charge >= 0.3 is 0 Å². The van der Waals surface area contributed by atoms with Gasteiger partial charge in [-0.2, -0.15) is 0 Å². The minimum atomic E-state index is 0.655. The lowest BCUT2D eigenvalue weighted by atomic mass is 9.98. The topological polar surface area (TPSA) is 41.9 Å². The molecule has 262 valence electrons. The fourth-order valence-corrected chi connectivity index (χ4v) is 9.10. The number of nitrogens with zero attached hydrogens (tertiary/aromatic N) is 4. The zero-order valence-electron chi connectivity index (χ0n) is 30.2. The summed E-state index contributed by atoms with van der Waals surface area (Å²) in [5.41, 5.74) is 6.23. The van der Waals surface area contributed by atoms with Crippen molar-refractivity contribution < 1.29 is 0 Å². The Morgan fingerprint density at radius 2 is 0.821 bits per heavy atom. The van der Waals surface area contributed by atoms with E-state index in [0.717, 1.165) is 39.1 Å². The van der Waals surface area contributed by atoms with Crippen molar-refractivity contribution in [2.45, 2.75) is 0 Å². The Morgan fingerprint density at radius 3 is 1.43 bits per heavy atom. The lowest BCUT2D eigenvalue weighted by Gasteiger charge is -2.26. The Hall–Kier alpha value is -7.21. The summed E-state index contributed by atoms with van der Waals surface area (Å²) >= 11 is 1.81. The molecule has 0 bridgehead atoms. The molecule has 5 heteroatoms. The average molecular weight is 733 g/mol. The maximum atomic E-state index is 5.13. The summed E-state index contributed by atoms with van der Waals surface area (Å²) in [4.78, 5) is 17.6. The molecule has 0 amide bonds. The summed E-state index contributed by atoms with van der Waals surface area (Å²) in [5.74, 6) is 1.97. The molecule has 0 fully saturated rings. The van der Waals surface area contributed by atoms with E-state index in [0.29, 0.717) is 17.5 Å². The molecule has 0 N–H and O–H groups in total. The summed E-state index contributed by atoms with van der Waals surface area (Å²) in [6, 6.07) is 68.8. The molecule has 56 heavy (non-hydrogen) atoms. The van der Waals surface area contributed by atoms with Crippen LogP contribution in [0.2, 0.25) is 0 Å². The van der Waals surface area contributed by atoms with Crippen LogP contribution in [0.25, 0.3) is 86.7 Å². The van der Waals surface area contributed by atoms with E-state index in [9.17, 15) is 0 Å². The molecule has 0 saturated carbocycles. The lowest BCUT2D eigenvalue weighted by Crippen LogP contribution is -2.09. The Bertz CT molecular complexity index is 3130. The molecule has 0 aliphatic rings. The zero-order chi connectivity index (χ0) is 37.0. The lowest BCUT2D eigenvalue weighted by molar-refractivity contribution is 1.08. The standard InChI is InChI=1S/C51H32N4S/c1-3-15-35(16-4-1)49-52-50(36-17-5-2-6-18-36)54-51(53-49)44-32-47-48(43-22-12-11-21-42(43)44)45-31-41(27-28-46(45)56-47)55(39-25-23-33-13-7-9-19-37(33)29-39)40-26-24-34-14-8-10-20-38(34)30-40/h1-32H. The Labute approximate surface area is 327 Å². The minimum Gasteiger partial charge on any atom is -0.310 e. The van der Waals surface area contributed by atoms with Gasteiger partial charge in [0.2, 0.25) is 0 Å². The highest BCUT2D eigenvalue weighted by Crippen LogP contribution is 2.45. The smallest absolute Gasteiger partial charge is 0.164 e. The van der Waals surface area contributed by atoms with Crippen molar-refractivity contribution in [2.24, 2.45) is 0 Å². The van der Waals surface area contributed by atoms with E-state index < -0.39 is 0 Å². The van der Waals surface area contributed by atoms with Gasteiger partial charge in [0.15, 0.2) is 17.5 Å². The van der Waals surface area contributed by atoms with Crippen molar-refractivity contribution in [1.29, 1.82) is 0 Å². The first-order valence-electron chi connectivity index (χ1n) is 18.8. The van der Waals surface area contributed by atoms with E-state index in [-0.39, 0.29) is 0 Å². The van der Waals surface area contributed by atoms with E-state index in [1.807, 2.05) is 47.7 Å². The van der Waals surface area contributed by atoms with Crippen molar-refractivity contribution in [1.82, 2.24) is 15.0 Å². The maximum Gasteiger partial charge on any atom is 0.164 e. The van der Waals surface area contributed by atoms with Gasteiger partial charge in [-0.1, -0.05) is 146 Å². The summed E-state index contributed by atoms with van der Waals surface area (Å²) in [5, 5.41) is 9.61. The Balaban J connectivity index is 1.13. The third-order valence-electron chi connectivity index (χ3n) is 10.6. The van der Waals surface area contributed by atoms with Crippen LogP contribution in [0.1, 0.15) is 0 Å². The van der Waals surface area contributed by atoms with E-state index in [2.05, 4.69) is 163 Å². The number of rotatable bonds is 6. The predicted molar refractivity (Wildman–Crippen MR) is 236 cm³/mol.